The van der Waals surface area contributed by atoms with Crippen molar-refractivity contribution in [2.75, 3.05) is 38.0 Å². The third kappa shape index (κ3) is 5.38. The molecular formula is C23H29FN4O3. The molecule has 31 heavy (non-hydrogen) atoms. The average Bonchev–Trinajstić information content (AvgIpc) is 3.06. The Morgan fingerprint density at radius 3 is 2.32 bits per heavy atom. The fourth-order valence-electron chi connectivity index (χ4n) is 4.04. The summed E-state index contributed by atoms with van der Waals surface area (Å²) in [6, 6.07) is 5.63. The van der Waals surface area contributed by atoms with Crippen LogP contribution in [0.3, 0.4) is 0 Å². The van der Waals surface area contributed by atoms with Crippen molar-refractivity contribution < 1.29 is 18.8 Å². The van der Waals surface area contributed by atoms with Crippen LogP contribution in [0.2, 0.25) is 0 Å². The average molecular weight is 429 g/mol. The smallest absolute Gasteiger partial charge is 0.270 e. The zero-order valence-corrected chi connectivity index (χ0v) is 18.3. The molecule has 166 valence electrons. The topological polar surface area (TPSA) is 85.5 Å². The van der Waals surface area contributed by atoms with Gasteiger partial charge in [-0.25, -0.2) is 4.39 Å². The summed E-state index contributed by atoms with van der Waals surface area (Å²) < 4.78 is 13.0. The molecule has 1 saturated heterocycles. The normalized spacial score (nSPS) is 14.5. The Morgan fingerprint density at radius 2 is 1.74 bits per heavy atom. The number of hydrogen-bond acceptors (Lipinski definition) is 4. The minimum atomic E-state index is -0.353. The molecule has 1 aliphatic rings. The summed E-state index contributed by atoms with van der Waals surface area (Å²) in [6.45, 7) is 7.73. The number of nitrogens with one attached hydrogen (secondary N) is 2. The first-order chi connectivity index (χ1) is 14.8. The molecule has 7 nitrogen and oxygen atoms in total. The number of aryl methyl sites for hydroxylation is 1. The molecule has 0 unspecified atom stereocenters. The minimum Gasteiger partial charge on any atom is -0.354 e. The highest BCUT2D eigenvalue weighted by Gasteiger charge is 2.28. The quantitative estimate of drug-likeness (QED) is 0.664. The second-order valence-electron chi connectivity index (χ2n) is 7.91. The predicted molar refractivity (Wildman–Crippen MR) is 117 cm³/mol. The number of hydrogen-bond donors (Lipinski definition) is 2. The molecule has 1 aromatic carbocycles. The molecule has 0 atom stereocenters. The molecule has 1 aliphatic heterocycles. The molecule has 0 bridgehead atoms. The molecule has 0 radical (unpaired) electrons. The number of benzene rings is 1. The van der Waals surface area contributed by atoms with Gasteiger partial charge in [0.15, 0.2) is 5.78 Å². The summed E-state index contributed by atoms with van der Waals surface area (Å²) in [7, 11) is 0. The van der Waals surface area contributed by atoms with Crippen molar-refractivity contribution in [3.63, 3.8) is 0 Å². The first-order valence-electron chi connectivity index (χ1n) is 10.6. The standard InChI is InChI=1S/C23H29FN4O3/c1-4-5-19-21(16(3)29)15(2)25-22(19)23(31)28-12-10-27(11-13-28)14-20(30)26-18-8-6-17(24)7-9-18/h6-9,25H,4-5,10-14H2,1-3H3,(H,26,30). The van der Waals surface area contributed by atoms with Gasteiger partial charge in [0.25, 0.3) is 5.91 Å². The summed E-state index contributed by atoms with van der Waals surface area (Å²) in [6.07, 6.45) is 1.51. The van der Waals surface area contributed by atoms with Crippen molar-refractivity contribution in [2.24, 2.45) is 0 Å². The molecule has 2 heterocycles. The van der Waals surface area contributed by atoms with Gasteiger partial charge in [0.1, 0.15) is 11.5 Å². The van der Waals surface area contributed by atoms with Crippen LogP contribution in [0, 0.1) is 12.7 Å². The fraction of sp³-hybridized carbons (Fsp3) is 0.435. The Morgan fingerprint density at radius 1 is 1.10 bits per heavy atom. The molecule has 0 saturated carbocycles. The molecule has 2 N–H and O–H groups in total. The van der Waals surface area contributed by atoms with Crippen LogP contribution in [0.25, 0.3) is 0 Å². The van der Waals surface area contributed by atoms with Crippen LogP contribution in [0.15, 0.2) is 24.3 Å². The van der Waals surface area contributed by atoms with Crippen molar-refractivity contribution in [3.8, 4) is 0 Å². The molecule has 0 aliphatic carbocycles. The van der Waals surface area contributed by atoms with Gasteiger partial charge >= 0.3 is 0 Å². The maximum absolute atomic E-state index is 13.1. The number of aromatic amines is 1. The second kappa shape index (κ2) is 9.87. The number of ketones is 1. The number of nitrogens with zero attached hydrogens (tertiary/aromatic N) is 2. The number of anilines is 1. The van der Waals surface area contributed by atoms with E-state index in [1.54, 1.807) is 4.90 Å². The zero-order chi connectivity index (χ0) is 22.5. The van der Waals surface area contributed by atoms with Crippen LogP contribution in [0.5, 0.6) is 0 Å². The van der Waals surface area contributed by atoms with Crippen LogP contribution >= 0.6 is 0 Å². The van der Waals surface area contributed by atoms with Crippen LogP contribution in [-0.2, 0) is 11.2 Å². The lowest BCUT2D eigenvalue weighted by Crippen LogP contribution is -2.50. The molecule has 3 rings (SSSR count). The summed E-state index contributed by atoms with van der Waals surface area (Å²) in [5.74, 6) is -0.668. The molecule has 2 amide bonds. The Labute approximate surface area is 181 Å². The Bertz CT molecular complexity index is 960. The highest BCUT2D eigenvalue weighted by Crippen LogP contribution is 2.23. The number of piperazine rings is 1. The molecule has 1 aromatic heterocycles. The number of carbonyl (C=O) groups is 3. The molecule has 2 aromatic rings. The third-order valence-corrected chi connectivity index (χ3v) is 5.51. The minimum absolute atomic E-state index is 0.0340. The van der Waals surface area contributed by atoms with E-state index >= 15 is 0 Å². The largest absolute Gasteiger partial charge is 0.354 e. The van der Waals surface area contributed by atoms with Gasteiger partial charge in [-0.05, 0) is 50.1 Å². The van der Waals surface area contributed by atoms with Gasteiger partial charge < -0.3 is 15.2 Å². The zero-order valence-electron chi connectivity index (χ0n) is 18.3. The summed E-state index contributed by atoms with van der Waals surface area (Å²) in [5.41, 5.74) is 3.22. The number of rotatable bonds is 7. The van der Waals surface area contributed by atoms with Crippen LogP contribution in [0.1, 0.15) is 52.4 Å². The van der Waals surface area contributed by atoms with E-state index < -0.39 is 0 Å². The number of H-pyrrole nitrogens is 1. The van der Waals surface area contributed by atoms with Gasteiger partial charge in [-0.2, -0.15) is 0 Å². The first-order valence-corrected chi connectivity index (χ1v) is 10.6. The lowest BCUT2D eigenvalue weighted by molar-refractivity contribution is -0.117. The van der Waals surface area contributed by atoms with Crippen molar-refractivity contribution in [2.45, 2.75) is 33.6 Å². The van der Waals surface area contributed by atoms with Gasteiger partial charge in [0.2, 0.25) is 5.91 Å². The molecule has 0 spiro atoms. The maximum Gasteiger partial charge on any atom is 0.270 e. The highest BCUT2D eigenvalue weighted by atomic mass is 19.1. The predicted octanol–water partition coefficient (Wildman–Crippen LogP) is 3.01. The van der Waals surface area contributed by atoms with E-state index in [9.17, 15) is 18.8 Å². The Balaban J connectivity index is 1.59. The van der Waals surface area contributed by atoms with E-state index in [0.717, 1.165) is 17.7 Å². The van der Waals surface area contributed by atoms with Crippen molar-refractivity contribution in [1.82, 2.24) is 14.8 Å². The number of aromatic nitrogens is 1. The molecule has 8 heteroatoms. The number of halogens is 1. The first kappa shape index (κ1) is 22.7. The van der Waals surface area contributed by atoms with E-state index in [1.807, 2.05) is 18.7 Å². The van der Waals surface area contributed by atoms with Gasteiger partial charge in [0, 0.05) is 43.1 Å². The van der Waals surface area contributed by atoms with Crippen LogP contribution in [-0.4, -0.2) is 65.1 Å². The van der Waals surface area contributed by atoms with E-state index in [2.05, 4.69) is 10.3 Å². The second-order valence-corrected chi connectivity index (χ2v) is 7.91. The van der Waals surface area contributed by atoms with Gasteiger partial charge in [0.05, 0.1) is 6.54 Å². The lowest BCUT2D eigenvalue weighted by Gasteiger charge is -2.34. The lowest BCUT2D eigenvalue weighted by atomic mass is 10.0. The van der Waals surface area contributed by atoms with Crippen molar-refractivity contribution in [1.29, 1.82) is 0 Å². The van der Waals surface area contributed by atoms with Gasteiger partial charge in [-0.3, -0.25) is 19.3 Å². The summed E-state index contributed by atoms with van der Waals surface area (Å²) >= 11 is 0. The maximum atomic E-state index is 13.1. The number of Topliss-reactive ketones (excluding diaryl/α,β-unsaturated/α-hetero) is 1. The SMILES string of the molecule is CCCc1c(C(=O)N2CCN(CC(=O)Nc3ccc(F)cc3)CC2)[nH]c(C)c1C(C)=O. The van der Waals surface area contributed by atoms with E-state index in [4.69, 9.17) is 0 Å². The Kier molecular flexibility index (Phi) is 7.22. The number of amides is 2. The van der Waals surface area contributed by atoms with Gasteiger partial charge in [-0.15, -0.1) is 0 Å². The van der Waals surface area contributed by atoms with E-state index in [1.165, 1.54) is 31.2 Å². The van der Waals surface area contributed by atoms with Crippen molar-refractivity contribution >= 4 is 23.3 Å². The highest BCUT2D eigenvalue weighted by molar-refractivity contribution is 6.02. The monoisotopic (exact) mass is 428 g/mol. The molecule has 1 fully saturated rings. The summed E-state index contributed by atoms with van der Waals surface area (Å²) in [4.78, 5) is 44.3. The number of carbonyl (C=O) groups excluding carboxylic acids is 3. The van der Waals surface area contributed by atoms with Crippen LogP contribution in [0.4, 0.5) is 10.1 Å². The van der Waals surface area contributed by atoms with Gasteiger partial charge in [-0.1, -0.05) is 13.3 Å². The summed E-state index contributed by atoms with van der Waals surface area (Å²) in [5, 5.41) is 2.75. The Hall–Kier alpha value is -3.00. The third-order valence-electron chi connectivity index (χ3n) is 5.51. The fourth-order valence-corrected chi connectivity index (χ4v) is 4.04. The van der Waals surface area contributed by atoms with Crippen molar-refractivity contribution in [3.05, 3.63) is 52.6 Å². The molecular weight excluding hydrogens is 399 g/mol. The van der Waals surface area contributed by atoms with E-state index in [-0.39, 0.29) is 30.0 Å². The van der Waals surface area contributed by atoms with Crippen LogP contribution < -0.4 is 5.32 Å². The van der Waals surface area contributed by atoms with E-state index in [0.29, 0.717) is 49.5 Å².